The number of hydrogen-bond acceptors (Lipinski definition) is 8. The molecule has 1 atom stereocenters. The van der Waals surface area contributed by atoms with Gasteiger partial charge in [-0.25, -0.2) is 23.1 Å². The summed E-state index contributed by atoms with van der Waals surface area (Å²) >= 11 is 1.57. The Balaban J connectivity index is 1.66. The van der Waals surface area contributed by atoms with Crippen LogP contribution in [0.5, 0.6) is 5.75 Å². The Hall–Kier alpha value is -3.02. The van der Waals surface area contributed by atoms with Gasteiger partial charge in [0.25, 0.3) is 0 Å². The number of sulfonamides is 1. The molecule has 5 rings (SSSR count). The molecule has 4 aromatic rings. The third-order valence-electron chi connectivity index (χ3n) is 5.74. The van der Waals surface area contributed by atoms with Crippen LogP contribution in [0.1, 0.15) is 18.0 Å². The van der Waals surface area contributed by atoms with Gasteiger partial charge in [0, 0.05) is 18.5 Å². The fraction of sp³-hybridized carbons (Fsp3) is 0.286. The van der Waals surface area contributed by atoms with Crippen LogP contribution in [0.3, 0.4) is 0 Å². The Morgan fingerprint density at radius 2 is 2.12 bits per heavy atom. The van der Waals surface area contributed by atoms with Gasteiger partial charge in [0.05, 0.1) is 28.1 Å². The van der Waals surface area contributed by atoms with E-state index in [1.807, 2.05) is 13.0 Å². The van der Waals surface area contributed by atoms with Gasteiger partial charge >= 0.3 is 0 Å². The number of thiophene rings is 1. The van der Waals surface area contributed by atoms with Crippen LogP contribution in [-0.4, -0.2) is 52.7 Å². The lowest BCUT2D eigenvalue weighted by Gasteiger charge is -2.14. The minimum atomic E-state index is -3.49. The lowest BCUT2D eigenvalue weighted by Crippen LogP contribution is -2.27. The summed E-state index contributed by atoms with van der Waals surface area (Å²) in [5.74, 6) is 1.15. The highest BCUT2D eigenvalue weighted by atomic mass is 32.2. The van der Waals surface area contributed by atoms with Crippen molar-refractivity contribution in [2.45, 2.75) is 19.4 Å². The highest BCUT2D eigenvalue weighted by molar-refractivity contribution is 7.92. The van der Waals surface area contributed by atoms with Crippen molar-refractivity contribution in [1.29, 1.82) is 0 Å². The monoisotopic (exact) mass is 470 g/mol. The van der Waals surface area contributed by atoms with Crippen LogP contribution in [0.4, 0.5) is 5.82 Å². The summed E-state index contributed by atoms with van der Waals surface area (Å²) in [6.45, 7) is 6.15. The van der Waals surface area contributed by atoms with E-state index in [-0.39, 0.29) is 6.04 Å². The maximum Gasteiger partial charge on any atom is 0.235 e. The number of hydrogen-bond donors (Lipinski definition) is 1. The van der Waals surface area contributed by atoms with Crippen molar-refractivity contribution < 1.29 is 13.2 Å². The predicted octanol–water partition coefficient (Wildman–Crippen LogP) is 3.33. The Bertz CT molecular complexity index is 1470. The molecule has 0 radical (unpaired) electrons. The first-order valence-electron chi connectivity index (χ1n) is 10.0. The van der Waals surface area contributed by atoms with E-state index in [0.717, 1.165) is 31.7 Å². The molecule has 32 heavy (non-hydrogen) atoms. The molecule has 1 fully saturated rings. The second kappa shape index (κ2) is 7.54. The highest BCUT2D eigenvalue weighted by Crippen LogP contribution is 2.42. The molecule has 2 N–H and O–H groups in total. The summed E-state index contributed by atoms with van der Waals surface area (Å²) in [5, 5.41) is 7.58. The van der Waals surface area contributed by atoms with Crippen molar-refractivity contribution >= 4 is 48.3 Å². The standard InChI is InChI=1S/C21H22N6O3S2/c1-4-32(28,29)26-6-5-14(10-26)27-21-17(20(22)23-11-24-21)18(25-27)16-9-13-7-12(2)8-15(30-3)19(13)31-16/h4,7-9,11,14H,1,5-6,10H2,2-3H3,(H2,22,23,24)/t14-/m0/s1. The third kappa shape index (κ3) is 3.24. The van der Waals surface area contributed by atoms with Gasteiger partial charge < -0.3 is 10.5 Å². The molecule has 11 heteroatoms. The lowest BCUT2D eigenvalue weighted by atomic mass is 10.1. The van der Waals surface area contributed by atoms with Gasteiger partial charge in [-0.3, -0.25) is 0 Å². The van der Waals surface area contributed by atoms with Crippen LogP contribution in [0.15, 0.2) is 36.5 Å². The van der Waals surface area contributed by atoms with Gasteiger partial charge in [0.1, 0.15) is 23.6 Å². The molecule has 166 valence electrons. The first-order valence-corrected chi connectivity index (χ1v) is 12.3. The van der Waals surface area contributed by atoms with Crippen LogP contribution in [0, 0.1) is 6.92 Å². The second-order valence-corrected chi connectivity index (χ2v) is 10.7. The lowest BCUT2D eigenvalue weighted by molar-refractivity contribution is 0.420. The Labute approximate surface area is 189 Å². The van der Waals surface area contributed by atoms with Crippen molar-refractivity contribution in [1.82, 2.24) is 24.1 Å². The molecule has 1 aromatic carbocycles. The number of nitrogens with two attached hydrogens (primary N) is 1. The molecule has 1 saturated heterocycles. The first kappa shape index (κ1) is 20.9. The molecular formula is C21H22N6O3S2. The van der Waals surface area contributed by atoms with Crippen molar-refractivity contribution in [3.63, 3.8) is 0 Å². The number of ether oxygens (including phenoxy) is 1. The molecule has 0 amide bonds. The fourth-order valence-corrected chi connectivity index (χ4v) is 6.28. The number of methoxy groups -OCH3 is 1. The average Bonchev–Trinajstić information content (AvgIpc) is 3.49. The number of nitrogens with zero attached hydrogens (tertiary/aromatic N) is 5. The highest BCUT2D eigenvalue weighted by Gasteiger charge is 2.33. The molecule has 0 aliphatic carbocycles. The summed E-state index contributed by atoms with van der Waals surface area (Å²) in [5.41, 5.74) is 8.64. The van der Waals surface area contributed by atoms with Crippen LogP contribution in [0.25, 0.3) is 31.7 Å². The molecule has 1 aliphatic heterocycles. The topological polar surface area (TPSA) is 116 Å². The van der Waals surface area contributed by atoms with E-state index < -0.39 is 10.0 Å². The number of nitrogen functional groups attached to an aromatic ring is 1. The summed E-state index contributed by atoms with van der Waals surface area (Å²) in [6, 6.07) is 6.01. The van der Waals surface area contributed by atoms with E-state index in [2.05, 4.69) is 28.7 Å². The van der Waals surface area contributed by atoms with Gasteiger partial charge in [-0.2, -0.15) is 9.40 Å². The van der Waals surface area contributed by atoms with Crippen LogP contribution in [0.2, 0.25) is 0 Å². The first-order chi connectivity index (χ1) is 15.3. The zero-order valence-electron chi connectivity index (χ0n) is 17.6. The van der Waals surface area contributed by atoms with Gasteiger partial charge in [0.2, 0.25) is 10.0 Å². The van der Waals surface area contributed by atoms with Crippen LogP contribution < -0.4 is 10.5 Å². The van der Waals surface area contributed by atoms with Crippen molar-refractivity contribution in [3.05, 3.63) is 42.1 Å². The molecule has 9 nitrogen and oxygen atoms in total. The molecule has 4 heterocycles. The normalized spacial score (nSPS) is 17.4. The number of rotatable bonds is 5. The summed E-state index contributed by atoms with van der Waals surface area (Å²) in [4.78, 5) is 9.54. The number of anilines is 1. The number of aromatic nitrogens is 4. The van der Waals surface area contributed by atoms with E-state index in [0.29, 0.717) is 42.1 Å². The van der Waals surface area contributed by atoms with E-state index in [1.165, 1.54) is 10.6 Å². The second-order valence-electron chi connectivity index (χ2n) is 7.76. The number of aryl methyl sites for hydroxylation is 1. The quantitative estimate of drug-likeness (QED) is 0.475. The number of benzene rings is 1. The van der Waals surface area contributed by atoms with Crippen LogP contribution in [-0.2, 0) is 10.0 Å². The summed E-state index contributed by atoms with van der Waals surface area (Å²) in [7, 11) is -1.83. The van der Waals surface area contributed by atoms with Crippen LogP contribution >= 0.6 is 11.3 Å². The molecule has 0 bridgehead atoms. The Morgan fingerprint density at radius 3 is 2.88 bits per heavy atom. The Kier molecular flexibility index (Phi) is 4.91. The van der Waals surface area contributed by atoms with E-state index >= 15 is 0 Å². The molecule has 0 spiro atoms. The predicted molar refractivity (Wildman–Crippen MR) is 126 cm³/mol. The number of fused-ring (bicyclic) bond motifs is 2. The molecule has 3 aromatic heterocycles. The summed E-state index contributed by atoms with van der Waals surface area (Å²) < 4.78 is 34.3. The minimum absolute atomic E-state index is 0.165. The Morgan fingerprint density at radius 1 is 1.31 bits per heavy atom. The maximum atomic E-state index is 12.2. The van der Waals surface area contributed by atoms with Crippen molar-refractivity contribution in [3.8, 4) is 16.3 Å². The zero-order chi connectivity index (χ0) is 22.6. The zero-order valence-corrected chi connectivity index (χ0v) is 19.3. The van der Waals surface area contributed by atoms with Gasteiger partial charge in [-0.1, -0.05) is 12.6 Å². The van der Waals surface area contributed by atoms with Crippen molar-refractivity contribution in [2.24, 2.45) is 0 Å². The molecule has 0 unspecified atom stereocenters. The molecular weight excluding hydrogens is 448 g/mol. The largest absolute Gasteiger partial charge is 0.495 e. The van der Waals surface area contributed by atoms with Gasteiger partial charge in [-0.15, -0.1) is 11.3 Å². The third-order valence-corrected chi connectivity index (χ3v) is 8.39. The van der Waals surface area contributed by atoms with Crippen molar-refractivity contribution in [2.75, 3.05) is 25.9 Å². The van der Waals surface area contributed by atoms with E-state index in [1.54, 1.807) is 23.1 Å². The molecule has 0 saturated carbocycles. The van der Waals surface area contributed by atoms with E-state index in [9.17, 15) is 8.42 Å². The molecule has 1 aliphatic rings. The van der Waals surface area contributed by atoms with E-state index in [4.69, 9.17) is 15.6 Å². The van der Waals surface area contributed by atoms with Gasteiger partial charge in [-0.05, 0) is 36.4 Å². The van der Waals surface area contributed by atoms with Gasteiger partial charge in [0.15, 0.2) is 5.65 Å². The summed E-state index contributed by atoms with van der Waals surface area (Å²) in [6.07, 6.45) is 2.02. The maximum absolute atomic E-state index is 12.2. The fourth-order valence-electron chi connectivity index (χ4n) is 4.20. The average molecular weight is 471 g/mol. The minimum Gasteiger partial charge on any atom is -0.495 e. The SMILES string of the molecule is C=CS(=O)(=O)N1CC[C@H](n2nc(-c3cc4cc(C)cc(OC)c4s3)c3c(N)ncnc32)C1. The smallest absolute Gasteiger partial charge is 0.235 e.